The molecule has 35 heavy (non-hydrogen) atoms. The van der Waals surface area contributed by atoms with Crippen LogP contribution in [0.3, 0.4) is 0 Å². The number of nitrogens with one attached hydrogen (secondary N) is 1. The zero-order valence-corrected chi connectivity index (χ0v) is 22.1. The van der Waals surface area contributed by atoms with Crippen molar-refractivity contribution in [2.75, 3.05) is 31.3 Å². The first-order valence-electron chi connectivity index (χ1n) is 11.0. The van der Waals surface area contributed by atoms with Crippen LogP contribution in [0.15, 0.2) is 76.5 Å². The van der Waals surface area contributed by atoms with Crippen molar-refractivity contribution < 1.29 is 22.7 Å². The van der Waals surface area contributed by atoms with Crippen LogP contribution in [0.5, 0.6) is 11.5 Å². The SMILES string of the molecule is CCN(c1ccc(C(=O)N[C@@H](C)c2ccc(OC)c(OC)c2)cc1)S(=O)(=O)c1ccc(SC)cc1. The smallest absolute Gasteiger partial charge is 0.264 e. The van der Waals surface area contributed by atoms with Crippen LogP contribution < -0.4 is 19.1 Å². The molecule has 0 spiro atoms. The Labute approximate surface area is 211 Å². The van der Waals surface area contributed by atoms with Crippen LogP contribution in [0, 0.1) is 0 Å². The first-order valence-corrected chi connectivity index (χ1v) is 13.7. The summed E-state index contributed by atoms with van der Waals surface area (Å²) in [5.41, 5.74) is 1.79. The van der Waals surface area contributed by atoms with Crippen LogP contribution in [0.25, 0.3) is 0 Å². The summed E-state index contributed by atoms with van der Waals surface area (Å²) in [6.45, 7) is 3.91. The number of anilines is 1. The van der Waals surface area contributed by atoms with Gasteiger partial charge in [0.15, 0.2) is 11.5 Å². The first kappa shape index (κ1) is 26.4. The van der Waals surface area contributed by atoms with Crippen molar-refractivity contribution in [3.05, 3.63) is 77.9 Å². The lowest BCUT2D eigenvalue weighted by atomic mass is 10.1. The zero-order chi connectivity index (χ0) is 25.6. The highest BCUT2D eigenvalue weighted by atomic mass is 32.2. The molecule has 1 atom stereocenters. The molecule has 0 radical (unpaired) electrons. The number of methoxy groups -OCH3 is 2. The van der Waals surface area contributed by atoms with Crippen molar-refractivity contribution in [2.24, 2.45) is 0 Å². The van der Waals surface area contributed by atoms with Gasteiger partial charge in [-0.1, -0.05) is 6.07 Å². The number of nitrogens with zero attached hydrogens (tertiary/aromatic N) is 1. The molecular weight excluding hydrogens is 484 g/mol. The number of rotatable bonds is 10. The van der Waals surface area contributed by atoms with E-state index in [1.165, 1.54) is 4.31 Å². The Balaban J connectivity index is 1.76. The van der Waals surface area contributed by atoms with E-state index in [1.807, 2.05) is 25.3 Å². The van der Waals surface area contributed by atoms with Crippen LogP contribution in [0.1, 0.15) is 35.8 Å². The minimum absolute atomic E-state index is 0.225. The summed E-state index contributed by atoms with van der Waals surface area (Å²) in [5, 5.41) is 2.96. The van der Waals surface area contributed by atoms with Gasteiger partial charge in [0.05, 0.1) is 30.8 Å². The third-order valence-electron chi connectivity index (χ3n) is 5.61. The summed E-state index contributed by atoms with van der Waals surface area (Å²) in [5.74, 6) is 0.929. The van der Waals surface area contributed by atoms with Gasteiger partial charge in [-0.15, -0.1) is 11.8 Å². The van der Waals surface area contributed by atoms with Crippen molar-refractivity contribution >= 4 is 33.4 Å². The van der Waals surface area contributed by atoms with Crippen LogP contribution in [-0.2, 0) is 10.0 Å². The minimum atomic E-state index is -3.73. The fourth-order valence-electron chi connectivity index (χ4n) is 3.63. The lowest BCUT2D eigenvalue weighted by Gasteiger charge is -2.23. The van der Waals surface area contributed by atoms with E-state index in [-0.39, 0.29) is 23.4 Å². The number of carbonyl (C=O) groups is 1. The second-order valence-electron chi connectivity index (χ2n) is 7.70. The van der Waals surface area contributed by atoms with Crippen molar-refractivity contribution in [1.82, 2.24) is 5.32 Å². The molecule has 0 saturated carbocycles. The number of sulfonamides is 1. The average molecular weight is 515 g/mol. The molecular formula is C26H30N2O5S2. The van der Waals surface area contributed by atoms with Crippen molar-refractivity contribution in [3.63, 3.8) is 0 Å². The molecule has 0 bridgehead atoms. The zero-order valence-electron chi connectivity index (χ0n) is 20.4. The van der Waals surface area contributed by atoms with Crippen LogP contribution >= 0.6 is 11.8 Å². The normalized spacial score (nSPS) is 12.0. The Morgan fingerprint density at radius 3 is 2.14 bits per heavy atom. The molecule has 1 amide bonds. The Hall–Kier alpha value is -3.17. The molecule has 3 aromatic rings. The van der Waals surface area contributed by atoms with Crippen molar-refractivity contribution in [1.29, 1.82) is 0 Å². The van der Waals surface area contributed by atoms with Gasteiger partial charge in [0, 0.05) is 17.0 Å². The largest absolute Gasteiger partial charge is 0.493 e. The molecule has 7 nitrogen and oxygen atoms in total. The summed E-state index contributed by atoms with van der Waals surface area (Å²) in [7, 11) is -0.599. The second-order valence-corrected chi connectivity index (χ2v) is 10.4. The van der Waals surface area contributed by atoms with E-state index in [2.05, 4.69) is 5.32 Å². The highest BCUT2D eigenvalue weighted by molar-refractivity contribution is 7.98. The highest BCUT2D eigenvalue weighted by Crippen LogP contribution is 2.30. The fraction of sp³-hybridized carbons (Fsp3) is 0.269. The summed E-state index contributed by atoms with van der Waals surface area (Å²) in [6.07, 6.45) is 1.94. The van der Waals surface area contributed by atoms with Gasteiger partial charge in [-0.3, -0.25) is 9.10 Å². The number of thioether (sulfide) groups is 1. The van der Waals surface area contributed by atoms with E-state index in [0.717, 1.165) is 10.5 Å². The van der Waals surface area contributed by atoms with Crippen LogP contribution in [0.4, 0.5) is 5.69 Å². The molecule has 0 aromatic heterocycles. The molecule has 0 aliphatic carbocycles. The molecule has 0 fully saturated rings. The van der Waals surface area contributed by atoms with Gasteiger partial charge in [0.2, 0.25) is 0 Å². The van der Waals surface area contributed by atoms with Crippen LogP contribution in [0.2, 0.25) is 0 Å². The molecule has 0 aliphatic heterocycles. The molecule has 0 saturated heterocycles. The lowest BCUT2D eigenvalue weighted by Crippen LogP contribution is -2.31. The summed E-state index contributed by atoms with van der Waals surface area (Å²) in [6, 6.07) is 18.5. The number of ether oxygens (including phenoxy) is 2. The number of hydrogen-bond donors (Lipinski definition) is 1. The van der Waals surface area contributed by atoms with E-state index < -0.39 is 10.0 Å². The molecule has 186 valence electrons. The number of hydrogen-bond acceptors (Lipinski definition) is 6. The second kappa shape index (κ2) is 11.5. The number of carbonyl (C=O) groups excluding carboxylic acids is 1. The Morgan fingerprint density at radius 1 is 0.971 bits per heavy atom. The third kappa shape index (κ3) is 5.91. The highest BCUT2D eigenvalue weighted by Gasteiger charge is 2.24. The average Bonchev–Trinajstić information content (AvgIpc) is 2.88. The van der Waals surface area contributed by atoms with E-state index in [4.69, 9.17) is 9.47 Å². The van der Waals surface area contributed by atoms with E-state index in [1.54, 1.807) is 87.5 Å². The molecule has 0 unspecified atom stereocenters. The topological polar surface area (TPSA) is 84.9 Å². The molecule has 0 aliphatic rings. The summed E-state index contributed by atoms with van der Waals surface area (Å²) < 4.78 is 38.3. The summed E-state index contributed by atoms with van der Waals surface area (Å²) >= 11 is 1.55. The maximum Gasteiger partial charge on any atom is 0.264 e. The third-order valence-corrected chi connectivity index (χ3v) is 8.27. The van der Waals surface area contributed by atoms with E-state index in [9.17, 15) is 13.2 Å². The molecule has 3 rings (SSSR count). The molecule has 1 N–H and O–H groups in total. The van der Waals surface area contributed by atoms with Gasteiger partial charge in [-0.05, 0) is 86.3 Å². The van der Waals surface area contributed by atoms with E-state index in [0.29, 0.717) is 22.7 Å². The van der Waals surface area contributed by atoms with Gasteiger partial charge in [0.25, 0.3) is 15.9 Å². The molecule has 9 heteroatoms. The van der Waals surface area contributed by atoms with Gasteiger partial charge in [-0.2, -0.15) is 0 Å². The monoisotopic (exact) mass is 514 g/mol. The molecule has 0 heterocycles. The lowest BCUT2D eigenvalue weighted by molar-refractivity contribution is 0.0940. The quantitative estimate of drug-likeness (QED) is 0.378. The number of amides is 1. The number of benzene rings is 3. The maximum absolute atomic E-state index is 13.2. The van der Waals surface area contributed by atoms with Gasteiger partial charge in [-0.25, -0.2) is 8.42 Å². The minimum Gasteiger partial charge on any atom is -0.493 e. The Bertz CT molecular complexity index is 1260. The summed E-state index contributed by atoms with van der Waals surface area (Å²) in [4.78, 5) is 14.0. The van der Waals surface area contributed by atoms with Crippen molar-refractivity contribution in [2.45, 2.75) is 29.7 Å². The fourth-order valence-corrected chi connectivity index (χ4v) is 5.51. The van der Waals surface area contributed by atoms with Gasteiger partial charge >= 0.3 is 0 Å². The molecule has 3 aromatic carbocycles. The van der Waals surface area contributed by atoms with E-state index >= 15 is 0 Å². The van der Waals surface area contributed by atoms with Crippen LogP contribution in [-0.4, -0.2) is 41.3 Å². The predicted octanol–water partition coefficient (Wildman–Crippen LogP) is 5.13. The van der Waals surface area contributed by atoms with Gasteiger partial charge in [0.1, 0.15) is 0 Å². The Morgan fingerprint density at radius 2 is 1.60 bits per heavy atom. The Kier molecular flexibility index (Phi) is 8.69. The first-order chi connectivity index (χ1) is 16.7. The predicted molar refractivity (Wildman–Crippen MR) is 140 cm³/mol. The maximum atomic E-state index is 13.2. The van der Waals surface area contributed by atoms with Gasteiger partial charge < -0.3 is 14.8 Å². The van der Waals surface area contributed by atoms with Crippen molar-refractivity contribution in [3.8, 4) is 11.5 Å². The standard InChI is InChI=1S/C26H30N2O5S2/c1-6-28(35(30,31)23-14-12-22(34-5)13-15-23)21-10-7-19(8-11-21)26(29)27-18(2)20-9-16-24(32-3)25(17-20)33-4/h7-18H,6H2,1-5H3,(H,27,29)/t18-/m0/s1.